The van der Waals surface area contributed by atoms with Crippen LogP contribution in [0.5, 0.6) is 0 Å². The summed E-state index contributed by atoms with van der Waals surface area (Å²) in [6.45, 7) is 6.03. The van der Waals surface area contributed by atoms with Crippen molar-refractivity contribution in [3.63, 3.8) is 0 Å². The first-order valence-corrected chi connectivity index (χ1v) is 11.8. The average molecular weight is 484 g/mol. The normalized spacial score (nSPS) is 17.5. The summed E-state index contributed by atoms with van der Waals surface area (Å²) in [5, 5.41) is 13.4. The highest BCUT2D eigenvalue weighted by atomic mass is 32.1. The van der Waals surface area contributed by atoms with Gasteiger partial charge in [-0.05, 0) is 98.2 Å². The Kier molecular flexibility index (Phi) is 5.86. The maximum absolute atomic E-state index is 11.3. The van der Waals surface area contributed by atoms with Crippen LogP contribution >= 0.6 is 12.2 Å². The number of aryl methyl sites for hydroxylation is 3. The van der Waals surface area contributed by atoms with Gasteiger partial charge in [-0.1, -0.05) is 18.2 Å². The molecule has 1 aliphatic heterocycles. The smallest absolute Gasteiger partial charge is 0.335 e. The first-order chi connectivity index (χ1) is 16.8. The van der Waals surface area contributed by atoms with Crippen molar-refractivity contribution in [1.82, 2.24) is 10.3 Å². The Hall–Kier alpha value is -3.97. The van der Waals surface area contributed by atoms with Gasteiger partial charge in [-0.3, -0.25) is 4.98 Å². The lowest BCUT2D eigenvalue weighted by Gasteiger charge is -2.26. The summed E-state index contributed by atoms with van der Waals surface area (Å²) in [6, 6.07) is 20.7. The van der Waals surface area contributed by atoms with Gasteiger partial charge in [-0.15, -0.1) is 0 Å². The van der Waals surface area contributed by atoms with Crippen LogP contribution < -0.4 is 10.2 Å². The Morgan fingerprint density at radius 1 is 1.03 bits per heavy atom. The predicted octanol–water partition coefficient (Wildman–Crippen LogP) is 6.14. The molecule has 0 amide bonds. The molecule has 0 aliphatic carbocycles. The zero-order valence-electron chi connectivity index (χ0n) is 19.6. The van der Waals surface area contributed by atoms with Gasteiger partial charge in [0, 0.05) is 17.4 Å². The molecule has 0 radical (unpaired) electrons. The van der Waals surface area contributed by atoms with Crippen molar-refractivity contribution in [1.29, 1.82) is 0 Å². The number of pyridine rings is 1. The summed E-state index contributed by atoms with van der Waals surface area (Å²) in [4.78, 5) is 18.0. The number of aromatic nitrogens is 1. The van der Waals surface area contributed by atoms with E-state index in [4.69, 9.17) is 16.6 Å². The van der Waals surface area contributed by atoms with E-state index < -0.39 is 5.97 Å². The molecule has 4 aromatic rings. The Morgan fingerprint density at radius 2 is 1.80 bits per heavy atom. The number of nitrogens with one attached hydrogen (secondary N) is 1. The van der Waals surface area contributed by atoms with E-state index in [-0.39, 0.29) is 17.6 Å². The minimum absolute atomic E-state index is 0.209. The standard InChI is InChI=1S/C28H25N3O3S/c1-16-12-17(2)14-20(13-16)31-26(25(30-28(31)35)22-6-4-5-11-29-22)24-10-9-23(34-24)21-8-7-19(27(32)33)15-18(21)3/h4-15,25-26H,1-3H3,(H,30,35)(H,32,33)/t25-,26+/m1/s1. The molecule has 7 heteroatoms. The fraction of sp³-hybridized carbons (Fsp3) is 0.179. The maximum Gasteiger partial charge on any atom is 0.335 e. The molecular weight excluding hydrogens is 458 g/mol. The molecule has 2 N–H and O–H groups in total. The number of carboxylic acid groups (broad SMARTS) is 1. The van der Waals surface area contributed by atoms with Crippen LogP contribution in [0, 0.1) is 20.8 Å². The van der Waals surface area contributed by atoms with Crippen molar-refractivity contribution in [2.75, 3.05) is 4.90 Å². The van der Waals surface area contributed by atoms with Crippen LogP contribution in [0.4, 0.5) is 5.69 Å². The Bertz CT molecular complexity index is 1410. The molecule has 2 aromatic carbocycles. The van der Waals surface area contributed by atoms with Crippen molar-refractivity contribution >= 4 is 29.0 Å². The Balaban J connectivity index is 1.60. The highest BCUT2D eigenvalue weighted by Crippen LogP contribution is 2.43. The molecule has 3 heterocycles. The third-order valence-electron chi connectivity index (χ3n) is 6.24. The Labute approximate surface area is 209 Å². The van der Waals surface area contributed by atoms with Crippen LogP contribution in [0.2, 0.25) is 0 Å². The zero-order chi connectivity index (χ0) is 24.7. The summed E-state index contributed by atoms with van der Waals surface area (Å²) in [5.41, 5.74) is 6.09. The van der Waals surface area contributed by atoms with Gasteiger partial charge in [-0.25, -0.2) is 4.79 Å². The van der Waals surface area contributed by atoms with Gasteiger partial charge >= 0.3 is 5.97 Å². The second kappa shape index (κ2) is 9.00. The van der Waals surface area contributed by atoms with Crippen LogP contribution in [0.3, 0.4) is 0 Å². The first-order valence-electron chi connectivity index (χ1n) is 11.3. The lowest BCUT2D eigenvalue weighted by Crippen LogP contribution is -2.29. The first kappa shape index (κ1) is 22.8. The van der Waals surface area contributed by atoms with Gasteiger partial charge in [0.25, 0.3) is 0 Å². The van der Waals surface area contributed by atoms with Gasteiger partial charge in [-0.2, -0.15) is 0 Å². The van der Waals surface area contributed by atoms with Crippen LogP contribution in [-0.4, -0.2) is 21.2 Å². The van der Waals surface area contributed by atoms with Gasteiger partial charge in [0.2, 0.25) is 0 Å². The number of furan rings is 1. The van der Waals surface area contributed by atoms with Gasteiger partial charge in [0.05, 0.1) is 17.3 Å². The lowest BCUT2D eigenvalue weighted by atomic mass is 10.0. The molecule has 6 nitrogen and oxygen atoms in total. The molecule has 0 spiro atoms. The van der Waals surface area contributed by atoms with E-state index in [0.717, 1.165) is 39.4 Å². The highest BCUT2D eigenvalue weighted by Gasteiger charge is 2.42. The minimum atomic E-state index is -0.951. The summed E-state index contributed by atoms with van der Waals surface area (Å²) in [5.74, 6) is 0.462. The molecule has 1 fully saturated rings. The maximum atomic E-state index is 11.3. The number of hydrogen-bond acceptors (Lipinski definition) is 4. The highest BCUT2D eigenvalue weighted by molar-refractivity contribution is 7.80. The summed E-state index contributed by atoms with van der Waals surface area (Å²) >= 11 is 5.81. The van der Waals surface area contributed by atoms with Crippen LogP contribution in [0.1, 0.15) is 50.6 Å². The van der Waals surface area contributed by atoms with Crippen molar-refractivity contribution in [2.45, 2.75) is 32.9 Å². The molecule has 0 bridgehead atoms. The predicted molar refractivity (Wildman–Crippen MR) is 140 cm³/mol. The van der Waals surface area contributed by atoms with E-state index in [2.05, 4.69) is 47.2 Å². The molecular formula is C28H25N3O3S. The third-order valence-corrected chi connectivity index (χ3v) is 6.55. The number of thiocarbonyl (C=S) groups is 1. The number of carbonyl (C=O) groups is 1. The molecule has 35 heavy (non-hydrogen) atoms. The fourth-order valence-electron chi connectivity index (χ4n) is 4.74. The molecule has 2 atom stereocenters. The zero-order valence-corrected chi connectivity index (χ0v) is 20.5. The SMILES string of the molecule is Cc1cc(C)cc(N2C(=S)N[C@H](c3ccccn3)[C@@H]2c2ccc(-c3ccc(C(=O)O)cc3C)o2)c1. The number of hydrogen-bond donors (Lipinski definition) is 2. The number of benzene rings is 2. The number of carboxylic acids is 1. The monoisotopic (exact) mass is 483 g/mol. The molecule has 176 valence electrons. The number of aromatic carboxylic acids is 1. The van der Waals surface area contributed by atoms with Gasteiger partial charge in [0.1, 0.15) is 17.6 Å². The Morgan fingerprint density at radius 3 is 2.46 bits per heavy atom. The van der Waals surface area contributed by atoms with Crippen molar-refractivity contribution in [3.8, 4) is 11.3 Å². The summed E-state index contributed by atoms with van der Waals surface area (Å²) in [7, 11) is 0. The molecule has 5 rings (SSSR count). The van der Waals surface area contributed by atoms with Crippen molar-refractivity contribution in [3.05, 3.63) is 107 Å². The average Bonchev–Trinajstić information content (AvgIpc) is 3.43. The van der Waals surface area contributed by atoms with Crippen molar-refractivity contribution < 1.29 is 14.3 Å². The fourth-order valence-corrected chi connectivity index (χ4v) is 5.09. The van der Waals surface area contributed by atoms with Gasteiger partial charge in [0.15, 0.2) is 5.11 Å². The minimum Gasteiger partial charge on any atom is -0.478 e. The van der Waals surface area contributed by atoms with Crippen LogP contribution in [-0.2, 0) is 0 Å². The second-order valence-corrected chi connectivity index (χ2v) is 9.27. The van der Waals surface area contributed by atoms with E-state index in [1.165, 1.54) is 0 Å². The summed E-state index contributed by atoms with van der Waals surface area (Å²) < 4.78 is 6.43. The van der Waals surface area contributed by atoms with E-state index in [1.807, 2.05) is 37.3 Å². The topological polar surface area (TPSA) is 78.6 Å². The van der Waals surface area contributed by atoms with Gasteiger partial charge < -0.3 is 19.7 Å². The molecule has 1 aliphatic rings. The van der Waals surface area contributed by atoms with Crippen molar-refractivity contribution in [2.24, 2.45) is 0 Å². The van der Waals surface area contributed by atoms with E-state index in [0.29, 0.717) is 10.9 Å². The largest absolute Gasteiger partial charge is 0.478 e. The second-order valence-electron chi connectivity index (χ2n) is 8.88. The number of nitrogens with zero attached hydrogens (tertiary/aromatic N) is 2. The number of anilines is 1. The van der Waals surface area contributed by atoms with Crippen LogP contribution in [0.15, 0.2) is 77.3 Å². The molecule has 0 unspecified atom stereocenters. The lowest BCUT2D eigenvalue weighted by molar-refractivity contribution is 0.0696. The summed E-state index contributed by atoms with van der Waals surface area (Å²) in [6.07, 6.45) is 1.78. The molecule has 0 saturated carbocycles. The molecule has 1 saturated heterocycles. The third kappa shape index (κ3) is 4.31. The van der Waals surface area contributed by atoms with E-state index in [1.54, 1.807) is 24.4 Å². The van der Waals surface area contributed by atoms with Crippen LogP contribution in [0.25, 0.3) is 11.3 Å². The van der Waals surface area contributed by atoms with E-state index in [9.17, 15) is 9.90 Å². The molecule has 2 aromatic heterocycles. The van der Waals surface area contributed by atoms with E-state index >= 15 is 0 Å². The number of rotatable bonds is 5. The quantitative estimate of drug-likeness (QED) is 0.330.